The van der Waals surface area contributed by atoms with Gasteiger partial charge in [0.05, 0.1) is 11.2 Å². The molecule has 0 bridgehead atoms. The monoisotopic (exact) mass is 291 g/mol. The third-order valence-electron chi connectivity index (χ3n) is 2.95. The number of halogens is 2. The molecule has 0 fully saturated rings. The van der Waals surface area contributed by atoms with Crippen molar-refractivity contribution in [2.75, 3.05) is 0 Å². The molecule has 0 aliphatic rings. The summed E-state index contributed by atoms with van der Waals surface area (Å²) in [6.45, 7) is 6.57. The maximum atomic E-state index is 9.99. The summed E-state index contributed by atoms with van der Waals surface area (Å²) in [7, 11) is -1.25. The summed E-state index contributed by atoms with van der Waals surface area (Å²) < 4.78 is 5.46. The van der Waals surface area contributed by atoms with E-state index < -0.39 is 18.3 Å². The van der Waals surface area contributed by atoms with Crippen LogP contribution in [0.2, 0.25) is 10.3 Å². The maximum absolute atomic E-state index is 9.99. The minimum Gasteiger partial charge on any atom is -0.423 e. The van der Waals surface area contributed by atoms with Crippen LogP contribution in [0.5, 0.6) is 0 Å². The molecule has 1 aromatic heterocycles. The SMILES string of the molecule is CC(C)(O)C(C)(C)OB(O)c1cc(Cl)nc(Cl)c1. The van der Waals surface area contributed by atoms with Gasteiger partial charge in [0.15, 0.2) is 0 Å². The van der Waals surface area contributed by atoms with E-state index in [1.54, 1.807) is 27.7 Å². The first-order valence-electron chi connectivity index (χ1n) is 5.44. The van der Waals surface area contributed by atoms with Crippen LogP contribution in [0, 0.1) is 0 Å². The fraction of sp³-hybridized carbons (Fsp3) is 0.545. The van der Waals surface area contributed by atoms with Crippen LogP contribution in [-0.2, 0) is 4.65 Å². The second-order valence-electron chi connectivity index (χ2n) is 5.09. The molecule has 0 aromatic carbocycles. The Morgan fingerprint density at radius 2 is 1.61 bits per heavy atom. The molecule has 0 amide bonds. The fourth-order valence-electron chi connectivity index (χ4n) is 1.12. The molecule has 0 unspecified atom stereocenters. The summed E-state index contributed by atoms with van der Waals surface area (Å²) in [6.07, 6.45) is 0. The van der Waals surface area contributed by atoms with Crippen LogP contribution in [0.25, 0.3) is 0 Å². The Hall–Kier alpha value is -0.325. The van der Waals surface area contributed by atoms with E-state index in [2.05, 4.69) is 4.98 Å². The molecule has 2 N–H and O–H groups in total. The standard InChI is InChI=1S/C11H16BCl2NO3/c1-10(2,16)11(3,4)18-12(17)7-5-8(13)15-9(14)6-7/h5-6,16-17H,1-4H3. The van der Waals surface area contributed by atoms with Gasteiger partial charge < -0.3 is 14.8 Å². The molecule has 4 nitrogen and oxygen atoms in total. The van der Waals surface area contributed by atoms with Crippen molar-refractivity contribution in [1.82, 2.24) is 4.98 Å². The largest absolute Gasteiger partial charge is 0.491 e. The van der Waals surface area contributed by atoms with E-state index in [-0.39, 0.29) is 10.3 Å². The Kier molecular flexibility index (Phi) is 4.68. The van der Waals surface area contributed by atoms with Gasteiger partial charge in [-0.05, 0) is 45.3 Å². The summed E-state index contributed by atoms with van der Waals surface area (Å²) in [5, 5.41) is 20.3. The van der Waals surface area contributed by atoms with E-state index in [0.29, 0.717) is 5.46 Å². The van der Waals surface area contributed by atoms with E-state index >= 15 is 0 Å². The molecule has 18 heavy (non-hydrogen) atoms. The lowest BCUT2D eigenvalue weighted by Gasteiger charge is -2.38. The van der Waals surface area contributed by atoms with Crippen molar-refractivity contribution >= 4 is 35.8 Å². The molecule has 0 aliphatic heterocycles. The van der Waals surface area contributed by atoms with Crippen molar-refractivity contribution < 1.29 is 14.8 Å². The van der Waals surface area contributed by atoms with Crippen LogP contribution in [0.3, 0.4) is 0 Å². The minimum atomic E-state index is -1.25. The zero-order valence-electron chi connectivity index (χ0n) is 10.7. The van der Waals surface area contributed by atoms with Gasteiger partial charge in [0.2, 0.25) is 0 Å². The number of rotatable bonds is 4. The van der Waals surface area contributed by atoms with Gasteiger partial charge in [0, 0.05) is 0 Å². The highest BCUT2D eigenvalue weighted by Crippen LogP contribution is 2.25. The predicted octanol–water partition coefficient (Wildman–Crippen LogP) is 1.64. The van der Waals surface area contributed by atoms with E-state index in [0.717, 1.165) is 0 Å². The zero-order chi connectivity index (χ0) is 14.1. The van der Waals surface area contributed by atoms with Gasteiger partial charge in [0.1, 0.15) is 10.3 Å². The Balaban J connectivity index is 2.92. The van der Waals surface area contributed by atoms with E-state index in [1.165, 1.54) is 12.1 Å². The van der Waals surface area contributed by atoms with Gasteiger partial charge in [0.25, 0.3) is 0 Å². The molecule has 1 rings (SSSR count). The van der Waals surface area contributed by atoms with Gasteiger partial charge in [-0.15, -0.1) is 0 Å². The first kappa shape index (κ1) is 15.7. The number of aromatic nitrogens is 1. The molecule has 1 aromatic rings. The molecule has 7 heteroatoms. The first-order valence-corrected chi connectivity index (χ1v) is 6.20. The summed E-state index contributed by atoms with van der Waals surface area (Å²) >= 11 is 11.5. The smallest absolute Gasteiger partial charge is 0.423 e. The third-order valence-corrected chi connectivity index (χ3v) is 3.34. The van der Waals surface area contributed by atoms with Crippen LogP contribution >= 0.6 is 23.2 Å². The van der Waals surface area contributed by atoms with E-state index in [9.17, 15) is 10.1 Å². The molecule has 0 atom stereocenters. The van der Waals surface area contributed by atoms with Crippen LogP contribution < -0.4 is 5.46 Å². The van der Waals surface area contributed by atoms with Gasteiger partial charge in [-0.1, -0.05) is 23.2 Å². The van der Waals surface area contributed by atoms with Crippen molar-refractivity contribution in [2.45, 2.75) is 38.9 Å². The highest BCUT2D eigenvalue weighted by atomic mass is 35.5. The summed E-state index contributed by atoms with van der Waals surface area (Å²) in [4.78, 5) is 3.78. The predicted molar refractivity (Wildman–Crippen MR) is 73.3 cm³/mol. The average molecular weight is 292 g/mol. The molecule has 0 saturated heterocycles. The Morgan fingerprint density at radius 1 is 1.17 bits per heavy atom. The summed E-state index contributed by atoms with van der Waals surface area (Å²) in [5.41, 5.74) is -1.68. The van der Waals surface area contributed by atoms with Crippen molar-refractivity contribution in [3.05, 3.63) is 22.4 Å². The molecular formula is C11H16BCl2NO3. The number of hydrogen-bond acceptors (Lipinski definition) is 4. The highest BCUT2D eigenvalue weighted by molar-refractivity contribution is 6.60. The van der Waals surface area contributed by atoms with Gasteiger partial charge in [-0.3, -0.25) is 0 Å². The maximum Gasteiger partial charge on any atom is 0.491 e. The Morgan fingerprint density at radius 3 is 2.00 bits per heavy atom. The number of hydrogen-bond donors (Lipinski definition) is 2. The minimum absolute atomic E-state index is 0.168. The van der Waals surface area contributed by atoms with E-state index in [1.807, 2.05) is 0 Å². The van der Waals surface area contributed by atoms with Gasteiger partial charge in [-0.2, -0.15) is 0 Å². The van der Waals surface area contributed by atoms with E-state index in [4.69, 9.17) is 27.9 Å². The second-order valence-corrected chi connectivity index (χ2v) is 5.86. The molecule has 0 saturated carbocycles. The van der Waals surface area contributed by atoms with Gasteiger partial charge in [-0.25, -0.2) is 4.98 Å². The van der Waals surface area contributed by atoms with Crippen molar-refractivity contribution in [2.24, 2.45) is 0 Å². The third kappa shape index (κ3) is 3.83. The van der Waals surface area contributed by atoms with Crippen LogP contribution in [0.4, 0.5) is 0 Å². The average Bonchev–Trinajstić information content (AvgIpc) is 2.13. The lowest BCUT2D eigenvalue weighted by Crippen LogP contribution is -2.53. The Labute approximate surface area is 117 Å². The van der Waals surface area contributed by atoms with Crippen LogP contribution in [-0.4, -0.2) is 33.4 Å². The van der Waals surface area contributed by atoms with Crippen molar-refractivity contribution in [3.8, 4) is 0 Å². The molecule has 0 spiro atoms. The fourth-order valence-corrected chi connectivity index (χ4v) is 1.59. The Bertz CT molecular complexity index is 415. The van der Waals surface area contributed by atoms with Crippen molar-refractivity contribution in [1.29, 1.82) is 0 Å². The quantitative estimate of drug-likeness (QED) is 0.654. The lowest BCUT2D eigenvalue weighted by molar-refractivity contribution is -0.0982. The van der Waals surface area contributed by atoms with Crippen molar-refractivity contribution in [3.63, 3.8) is 0 Å². The second kappa shape index (κ2) is 5.35. The lowest BCUT2D eigenvalue weighted by atomic mass is 9.77. The molecule has 100 valence electrons. The topological polar surface area (TPSA) is 62.6 Å². The van der Waals surface area contributed by atoms with Crippen LogP contribution in [0.15, 0.2) is 12.1 Å². The first-order chi connectivity index (χ1) is 8.03. The number of nitrogens with zero attached hydrogens (tertiary/aromatic N) is 1. The summed E-state index contributed by atoms with van der Waals surface area (Å²) in [5.74, 6) is 0. The summed E-state index contributed by atoms with van der Waals surface area (Å²) in [6, 6.07) is 2.91. The molecule has 1 heterocycles. The molecular weight excluding hydrogens is 276 g/mol. The normalized spacial score (nSPS) is 12.7. The molecule has 0 radical (unpaired) electrons. The number of aliphatic hydroxyl groups is 1. The van der Waals surface area contributed by atoms with Crippen LogP contribution in [0.1, 0.15) is 27.7 Å². The highest BCUT2D eigenvalue weighted by Gasteiger charge is 2.39. The molecule has 0 aliphatic carbocycles. The van der Waals surface area contributed by atoms with Gasteiger partial charge >= 0.3 is 7.12 Å². The zero-order valence-corrected chi connectivity index (χ0v) is 12.2. The number of pyridine rings is 1.